The highest BCUT2D eigenvalue weighted by atomic mass is 16.5. The summed E-state index contributed by atoms with van der Waals surface area (Å²) in [5.41, 5.74) is 4.29. The van der Waals surface area contributed by atoms with E-state index in [1.807, 2.05) is 55.5 Å². The molecular formula is C23H20N2O4. The van der Waals surface area contributed by atoms with Crippen LogP contribution in [0.3, 0.4) is 0 Å². The lowest BCUT2D eigenvalue weighted by atomic mass is 10.1. The van der Waals surface area contributed by atoms with E-state index in [0.717, 1.165) is 27.7 Å². The minimum absolute atomic E-state index is 0.0922. The second kappa shape index (κ2) is 7.22. The molecule has 29 heavy (non-hydrogen) atoms. The number of benzene rings is 2. The zero-order valence-electron chi connectivity index (χ0n) is 16.0. The maximum Gasteiger partial charge on any atom is 0.221 e. The fourth-order valence-corrected chi connectivity index (χ4v) is 3.55. The number of furan rings is 1. The molecule has 3 heterocycles. The number of fused-ring (bicyclic) bond motifs is 5. The van der Waals surface area contributed by atoms with Crippen LogP contribution in [0.5, 0.6) is 11.6 Å². The van der Waals surface area contributed by atoms with E-state index in [-0.39, 0.29) is 13.2 Å². The predicted molar refractivity (Wildman–Crippen MR) is 109 cm³/mol. The van der Waals surface area contributed by atoms with Gasteiger partial charge >= 0.3 is 0 Å². The number of para-hydroxylation sites is 1. The summed E-state index contributed by atoms with van der Waals surface area (Å²) >= 11 is 0. The summed E-state index contributed by atoms with van der Waals surface area (Å²) < 4.78 is 18.0. The molecule has 0 bridgehead atoms. The Morgan fingerprint density at radius 1 is 1.07 bits per heavy atom. The van der Waals surface area contributed by atoms with Crippen molar-refractivity contribution in [2.45, 2.75) is 13.3 Å². The second-order valence-electron chi connectivity index (χ2n) is 6.97. The first-order chi connectivity index (χ1) is 14.2. The Morgan fingerprint density at radius 3 is 2.72 bits per heavy atom. The highest BCUT2D eigenvalue weighted by molar-refractivity contribution is 5.92. The molecule has 1 aliphatic rings. The van der Waals surface area contributed by atoms with Crippen LogP contribution in [0.15, 0.2) is 52.9 Å². The van der Waals surface area contributed by atoms with Crippen molar-refractivity contribution in [2.24, 2.45) is 0 Å². The molecule has 1 aliphatic heterocycles. The Bertz CT molecular complexity index is 1180. The SMILES string of the molecule is Cc1ccc(-c2nc(OCCO)c3c(n2)-c2oc4ccccc4c2OCC3)cc1. The van der Waals surface area contributed by atoms with E-state index in [9.17, 15) is 5.11 Å². The number of hydrogen-bond acceptors (Lipinski definition) is 6. The summed E-state index contributed by atoms with van der Waals surface area (Å²) in [6, 6.07) is 15.8. The van der Waals surface area contributed by atoms with Gasteiger partial charge in [0.05, 0.1) is 18.6 Å². The third-order valence-electron chi connectivity index (χ3n) is 4.97. The molecule has 2 aromatic carbocycles. The Hall–Kier alpha value is -3.38. The van der Waals surface area contributed by atoms with Gasteiger partial charge in [-0.1, -0.05) is 42.0 Å². The van der Waals surface area contributed by atoms with Gasteiger partial charge in [-0.15, -0.1) is 0 Å². The molecule has 1 N–H and O–H groups in total. The molecule has 5 rings (SSSR count). The van der Waals surface area contributed by atoms with Crippen LogP contribution in [0.2, 0.25) is 0 Å². The minimum Gasteiger partial charge on any atom is -0.488 e. The van der Waals surface area contributed by atoms with Gasteiger partial charge in [-0.2, -0.15) is 4.98 Å². The van der Waals surface area contributed by atoms with Crippen molar-refractivity contribution in [1.82, 2.24) is 9.97 Å². The van der Waals surface area contributed by atoms with Gasteiger partial charge in [-0.05, 0) is 19.1 Å². The Morgan fingerprint density at radius 2 is 1.90 bits per heavy atom. The molecule has 0 amide bonds. The molecule has 6 nitrogen and oxygen atoms in total. The number of nitrogens with zero attached hydrogens (tertiary/aromatic N) is 2. The quantitative estimate of drug-likeness (QED) is 0.565. The lowest BCUT2D eigenvalue weighted by molar-refractivity contribution is 0.195. The largest absolute Gasteiger partial charge is 0.488 e. The van der Waals surface area contributed by atoms with Crippen molar-refractivity contribution >= 4 is 11.0 Å². The van der Waals surface area contributed by atoms with Gasteiger partial charge < -0.3 is 19.0 Å². The topological polar surface area (TPSA) is 77.6 Å². The smallest absolute Gasteiger partial charge is 0.221 e. The lowest BCUT2D eigenvalue weighted by Crippen LogP contribution is -2.09. The molecule has 0 saturated heterocycles. The zero-order valence-corrected chi connectivity index (χ0v) is 16.0. The summed E-state index contributed by atoms with van der Waals surface area (Å²) in [6.45, 7) is 2.57. The molecule has 0 radical (unpaired) electrons. The molecule has 0 atom stereocenters. The summed E-state index contributed by atoms with van der Waals surface area (Å²) in [4.78, 5) is 9.50. The van der Waals surface area contributed by atoms with E-state index in [1.54, 1.807) is 0 Å². The first kappa shape index (κ1) is 17.7. The Kier molecular flexibility index (Phi) is 4.41. The number of rotatable bonds is 4. The standard InChI is InChI=1S/C23H20N2O4/c1-14-6-8-15(9-7-14)22-24-19-17(23(25-22)28-13-11-26)10-12-27-20-16-4-2-3-5-18(16)29-21(19)20/h2-9,26H,10-13H2,1H3. The minimum atomic E-state index is -0.0922. The van der Waals surface area contributed by atoms with Crippen LogP contribution in [0.1, 0.15) is 11.1 Å². The van der Waals surface area contributed by atoms with Gasteiger partial charge in [-0.25, -0.2) is 4.98 Å². The van der Waals surface area contributed by atoms with Crippen molar-refractivity contribution in [3.05, 3.63) is 59.7 Å². The van der Waals surface area contributed by atoms with Crippen molar-refractivity contribution in [3.63, 3.8) is 0 Å². The van der Waals surface area contributed by atoms with Gasteiger partial charge in [0.25, 0.3) is 0 Å². The van der Waals surface area contributed by atoms with Gasteiger partial charge in [0, 0.05) is 17.5 Å². The maximum absolute atomic E-state index is 9.25. The van der Waals surface area contributed by atoms with E-state index in [1.165, 1.54) is 0 Å². The number of ether oxygens (including phenoxy) is 2. The number of hydrogen-bond donors (Lipinski definition) is 1. The zero-order chi connectivity index (χ0) is 19.8. The highest BCUT2D eigenvalue weighted by Gasteiger charge is 2.28. The molecule has 6 heteroatoms. The molecule has 0 fully saturated rings. The van der Waals surface area contributed by atoms with Crippen molar-refractivity contribution in [1.29, 1.82) is 0 Å². The maximum atomic E-state index is 9.25. The van der Waals surface area contributed by atoms with Crippen LogP contribution in [0.4, 0.5) is 0 Å². The van der Waals surface area contributed by atoms with Gasteiger partial charge in [0.1, 0.15) is 17.9 Å². The Balaban J connectivity index is 1.75. The molecule has 146 valence electrons. The van der Waals surface area contributed by atoms with Crippen LogP contribution < -0.4 is 9.47 Å². The molecule has 4 aromatic rings. The third kappa shape index (κ3) is 3.11. The second-order valence-corrected chi connectivity index (χ2v) is 6.97. The number of aryl methyl sites for hydroxylation is 1. The van der Waals surface area contributed by atoms with Crippen LogP contribution >= 0.6 is 0 Å². The van der Waals surface area contributed by atoms with Crippen LogP contribution in [-0.4, -0.2) is 34.9 Å². The molecule has 2 aromatic heterocycles. The highest BCUT2D eigenvalue weighted by Crippen LogP contribution is 2.44. The number of aliphatic hydroxyl groups is 1. The lowest BCUT2D eigenvalue weighted by Gasteiger charge is -2.13. The van der Waals surface area contributed by atoms with Gasteiger partial charge in [0.2, 0.25) is 5.88 Å². The van der Waals surface area contributed by atoms with E-state index in [2.05, 4.69) is 4.98 Å². The number of aromatic nitrogens is 2. The molecular weight excluding hydrogens is 368 g/mol. The van der Waals surface area contributed by atoms with Crippen molar-refractivity contribution in [2.75, 3.05) is 19.8 Å². The molecule has 0 aliphatic carbocycles. The van der Waals surface area contributed by atoms with E-state index in [0.29, 0.717) is 41.9 Å². The van der Waals surface area contributed by atoms with Gasteiger partial charge in [0.15, 0.2) is 17.3 Å². The van der Waals surface area contributed by atoms with E-state index >= 15 is 0 Å². The molecule has 0 spiro atoms. The third-order valence-corrected chi connectivity index (χ3v) is 4.97. The van der Waals surface area contributed by atoms with E-state index < -0.39 is 0 Å². The van der Waals surface area contributed by atoms with Crippen molar-refractivity contribution in [3.8, 4) is 34.5 Å². The normalized spacial score (nSPS) is 12.8. The van der Waals surface area contributed by atoms with Crippen LogP contribution in [0.25, 0.3) is 33.8 Å². The fraction of sp³-hybridized carbons (Fsp3) is 0.217. The summed E-state index contributed by atoms with van der Waals surface area (Å²) in [5, 5.41) is 10.2. The Labute approximate surface area is 167 Å². The first-order valence-electron chi connectivity index (χ1n) is 9.61. The average molecular weight is 388 g/mol. The fourth-order valence-electron chi connectivity index (χ4n) is 3.55. The summed E-state index contributed by atoms with van der Waals surface area (Å²) in [5.74, 6) is 2.28. The first-order valence-corrected chi connectivity index (χ1v) is 9.61. The molecule has 0 saturated carbocycles. The summed E-state index contributed by atoms with van der Waals surface area (Å²) in [7, 11) is 0. The average Bonchev–Trinajstić information content (AvgIpc) is 3.01. The number of aliphatic hydroxyl groups excluding tert-OH is 1. The monoisotopic (exact) mass is 388 g/mol. The predicted octanol–water partition coefficient (Wildman–Crippen LogP) is 4.17. The van der Waals surface area contributed by atoms with Gasteiger partial charge in [-0.3, -0.25) is 0 Å². The van der Waals surface area contributed by atoms with E-state index in [4.69, 9.17) is 18.9 Å². The van der Waals surface area contributed by atoms with Crippen LogP contribution in [0, 0.1) is 6.92 Å². The summed E-state index contributed by atoms with van der Waals surface area (Å²) in [6.07, 6.45) is 0.586. The molecule has 0 unspecified atom stereocenters. The van der Waals surface area contributed by atoms with Crippen molar-refractivity contribution < 1.29 is 19.0 Å². The van der Waals surface area contributed by atoms with Crippen LogP contribution in [-0.2, 0) is 6.42 Å².